The molecule has 0 aromatic rings. The molecule has 1 unspecified atom stereocenters. The first-order valence-electron chi connectivity index (χ1n) is 9.84. The second kappa shape index (κ2) is 13.6. The molecule has 0 spiro atoms. The average molecular weight is 298 g/mol. The normalized spacial score (nSPS) is 13.6. The van der Waals surface area contributed by atoms with E-state index in [9.17, 15) is 5.11 Å². The van der Waals surface area contributed by atoms with E-state index in [0.29, 0.717) is 5.92 Å². The Kier molecular flexibility index (Phi) is 13.6. The van der Waals surface area contributed by atoms with Crippen LogP contribution in [-0.2, 0) is 5.11 Å². The lowest BCUT2D eigenvalue weighted by molar-refractivity contribution is -0.0904. The predicted molar refractivity (Wildman–Crippen MR) is 94.2 cm³/mol. The van der Waals surface area contributed by atoms with Crippen LogP contribution in [0, 0.1) is 5.92 Å². The van der Waals surface area contributed by atoms with E-state index >= 15 is 0 Å². The van der Waals surface area contributed by atoms with Gasteiger partial charge in [-0.25, -0.2) is 5.11 Å². The summed E-state index contributed by atoms with van der Waals surface area (Å²) in [7, 11) is 0. The number of rotatable bonds is 15. The first-order valence-corrected chi connectivity index (χ1v) is 9.84. The Balaban J connectivity index is 4.12. The van der Waals surface area contributed by atoms with Gasteiger partial charge in [0.15, 0.2) is 0 Å². The van der Waals surface area contributed by atoms with Gasteiger partial charge in [0, 0.05) is 0 Å². The van der Waals surface area contributed by atoms with Gasteiger partial charge in [0.05, 0.1) is 0 Å². The van der Waals surface area contributed by atoms with Crippen molar-refractivity contribution in [2.75, 3.05) is 0 Å². The lowest BCUT2D eigenvalue weighted by atomic mass is 9.77. The van der Waals surface area contributed by atoms with E-state index in [4.69, 9.17) is 0 Å². The van der Waals surface area contributed by atoms with Crippen LogP contribution in [0.2, 0.25) is 0 Å². The highest BCUT2D eigenvalue weighted by molar-refractivity contribution is 4.83. The molecule has 0 aromatic heterocycles. The Morgan fingerprint density at radius 1 is 0.619 bits per heavy atom. The minimum atomic E-state index is -0.657. The average Bonchev–Trinajstić information content (AvgIpc) is 2.51. The van der Waals surface area contributed by atoms with Crippen molar-refractivity contribution < 1.29 is 5.11 Å². The standard InChI is InChI=1S/C20H41O/c1-5-9-11-13-14-16-18-19(17-15-12-10-6-2)20(21,7-3)8-4/h19H,5-18H2,1-4H3. The summed E-state index contributed by atoms with van der Waals surface area (Å²) >= 11 is 0. The molecule has 0 saturated heterocycles. The molecular weight excluding hydrogens is 256 g/mol. The Morgan fingerprint density at radius 3 is 1.43 bits per heavy atom. The monoisotopic (exact) mass is 297 g/mol. The van der Waals surface area contributed by atoms with Gasteiger partial charge in [0.2, 0.25) is 0 Å². The molecule has 0 saturated carbocycles. The maximum atomic E-state index is 13.0. The zero-order valence-electron chi connectivity index (χ0n) is 15.4. The van der Waals surface area contributed by atoms with Crippen molar-refractivity contribution in [3.63, 3.8) is 0 Å². The Hall–Kier alpha value is -0.0400. The molecule has 0 N–H and O–H groups in total. The molecule has 127 valence electrons. The third kappa shape index (κ3) is 9.55. The van der Waals surface area contributed by atoms with Crippen LogP contribution in [0.25, 0.3) is 0 Å². The lowest BCUT2D eigenvalue weighted by Crippen LogP contribution is -2.35. The number of hydrogen-bond acceptors (Lipinski definition) is 0. The molecule has 0 aliphatic rings. The fourth-order valence-electron chi connectivity index (χ4n) is 3.49. The van der Waals surface area contributed by atoms with Crippen LogP contribution >= 0.6 is 0 Å². The number of unbranched alkanes of at least 4 members (excludes halogenated alkanes) is 8. The Bertz CT molecular complexity index is 208. The zero-order valence-corrected chi connectivity index (χ0v) is 15.4. The molecule has 0 aromatic carbocycles. The van der Waals surface area contributed by atoms with E-state index in [1.807, 2.05) is 0 Å². The minimum Gasteiger partial charge on any atom is -0.229 e. The highest BCUT2D eigenvalue weighted by Crippen LogP contribution is 2.34. The summed E-state index contributed by atoms with van der Waals surface area (Å²) in [5, 5.41) is 13.0. The van der Waals surface area contributed by atoms with Crippen molar-refractivity contribution in [2.24, 2.45) is 5.92 Å². The van der Waals surface area contributed by atoms with E-state index in [1.165, 1.54) is 77.0 Å². The van der Waals surface area contributed by atoms with Crippen LogP contribution in [0.1, 0.15) is 118 Å². The van der Waals surface area contributed by atoms with Crippen LogP contribution < -0.4 is 0 Å². The molecular formula is C20H41O. The zero-order chi connectivity index (χ0) is 16.0. The maximum absolute atomic E-state index is 13.0. The highest BCUT2D eigenvalue weighted by Gasteiger charge is 2.34. The lowest BCUT2D eigenvalue weighted by Gasteiger charge is -2.33. The van der Waals surface area contributed by atoms with Gasteiger partial charge in [-0.3, -0.25) is 0 Å². The summed E-state index contributed by atoms with van der Waals surface area (Å²) in [6.45, 7) is 8.71. The van der Waals surface area contributed by atoms with Crippen molar-refractivity contribution >= 4 is 0 Å². The van der Waals surface area contributed by atoms with Crippen LogP contribution in [0.4, 0.5) is 0 Å². The van der Waals surface area contributed by atoms with Crippen molar-refractivity contribution in [2.45, 2.75) is 123 Å². The molecule has 0 rings (SSSR count). The van der Waals surface area contributed by atoms with Gasteiger partial charge in [-0.05, 0) is 31.6 Å². The molecule has 0 aliphatic carbocycles. The topological polar surface area (TPSA) is 19.9 Å². The molecule has 0 amide bonds. The van der Waals surface area contributed by atoms with Gasteiger partial charge in [-0.15, -0.1) is 0 Å². The maximum Gasteiger partial charge on any atom is 0.106 e. The van der Waals surface area contributed by atoms with Gasteiger partial charge in [-0.2, -0.15) is 0 Å². The van der Waals surface area contributed by atoms with Crippen LogP contribution in [-0.4, -0.2) is 5.60 Å². The molecule has 0 fully saturated rings. The van der Waals surface area contributed by atoms with Gasteiger partial charge in [-0.1, -0.05) is 91.9 Å². The fourth-order valence-corrected chi connectivity index (χ4v) is 3.49. The molecule has 1 radical (unpaired) electrons. The summed E-state index contributed by atoms with van der Waals surface area (Å²) in [5.41, 5.74) is -0.657. The number of hydrogen-bond donors (Lipinski definition) is 0. The fraction of sp³-hybridized carbons (Fsp3) is 1.00. The molecule has 1 heteroatoms. The van der Waals surface area contributed by atoms with Crippen molar-refractivity contribution in [3.05, 3.63) is 0 Å². The van der Waals surface area contributed by atoms with Gasteiger partial charge >= 0.3 is 0 Å². The van der Waals surface area contributed by atoms with Crippen LogP contribution in [0.15, 0.2) is 0 Å². The molecule has 0 bridgehead atoms. The second-order valence-electron chi connectivity index (χ2n) is 6.87. The largest absolute Gasteiger partial charge is 0.229 e. The molecule has 1 nitrogen and oxygen atoms in total. The molecule has 0 aliphatic heterocycles. The molecule has 0 heterocycles. The first kappa shape index (κ1) is 21.0. The summed E-state index contributed by atoms with van der Waals surface area (Å²) in [6, 6.07) is 0. The smallest absolute Gasteiger partial charge is 0.106 e. The summed E-state index contributed by atoms with van der Waals surface area (Å²) in [4.78, 5) is 0. The predicted octanol–water partition coefficient (Wildman–Crippen LogP) is 7.31. The van der Waals surface area contributed by atoms with Crippen LogP contribution in [0.5, 0.6) is 0 Å². The van der Waals surface area contributed by atoms with E-state index < -0.39 is 5.60 Å². The quantitative estimate of drug-likeness (QED) is 0.282. The van der Waals surface area contributed by atoms with Crippen molar-refractivity contribution in [3.8, 4) is 0 Å². The van der Waals surface area contributed by atoms with Crippen molar-refractivity contribution in [1.82, 2.24) is 0 Å². The third-order valence-electron chi connectivity index (χ3n) is 5.25. The van der Waals surface area contributed by atoms with E-state index in [0.717, 1.165) is 12.8 Å². The molecule has 1 atom stereocenters. The second-order valence-corrected chi connectivity index (χ2v) is 6.87. The van der Waals surface area contributed by atoms with E-state index in [-0.39, 0.29) is 0 Å². The van der Waals surface area contributed by atoms with Gasteiger partial charge in [0.25, 0.3) is 0 Å². The summed E-state index contributed by atoms with van der Waals surface area (Å²) < 4.78 is 0. The summed E-state index contributed by atoms with van der Waals surface area (Å²) in [5.74, 6) is 0.413. The SMILES string of the molecule is CCCCCCCCC(CCCCCC)C([O])(CC)CC. The van der Waals surface area contributed by atoms with E-state index in [2.05, 4.69) is 27.7 Å². The van der Waals surface area contributed by atoms with Crippen molar-refractivity contribution in [1.29, 1.82) is 0 Å². The summed E-state index contributed by atoms with van der Waals surface area (Å²) in [6.07, 6.45) is 17.2. The third-order valence-corrected chi connectivity index (χ3v) is 5.25. The Labute approximate surface area is 134 Å². The van der Waals surface area contributed by atoms with Gasteiger partial charge in [0.1, 0.15) is 5.60 Å². The highest BCUT2D eigenvalue weighted by atomic mass is 16.3. The first-order chi connectivity index (χ1) is 10.1. The van der Waals surface area contributed by atoms with Gasteiger partial charge < -0.3 is 0 Å². The van der Waals surface area contributed by atoms with Crippen LogP contribution in [0.3, 0.4) is 0 Å². The minimum absolute atomic E-state index is 0.413. The molecule has 21 heavy (non-hydrogen) atoms. The van der Waals surface area contributed by atoms with E-state index in [1.54, 1.807) is 0 Å². The Morgan fingerprint density at radius 2 is 1.00 bits per heavy atom.